The Morgan fingerprint density at radius 1 is 1.00 bits per heavy atom. The lowest BCUT2D eigenvalue weighted by atomic mass is 9.67. The number of nitrogens with zero attached hydrogens (tertiary/aromatic N) is 1. The zero-order valence-corrected chi connectivity index (χ0v) is 12.4. The van der Waals surface area contributed by atoms with Crippen LogP contribution in [0.2, 0.25) is 0 Å². The Labute approximate surface area is 122 Å². The van der Waals surface area contributed by atoms with E-state index in [1.54, 1.807) is 11.1 Å². The lowest BCUT2D eigenvalue weighted by molar-refractivity contribution is 0.0817. The zero-order chi connectivity index (χ0) is 13.4. The van der Waals surface area contributed by atoms with Crippen molar-refractivity contribution in [1.29, 1.82) is 0 Å². The van der Waals surface area contributed by atoms with Gasteiger partial charge in [-0.1, -0.05) is 24.3 Å². The van der Waals surface area contributed by atoms with Crippen molar-refractivity contribution in [3.05, 3.63) is 35.4 Å². The molecule has 0 radical (unpaired) electrons. The minimum atomic E-state index is 0.512. The average molecular weight is 270 g/mol. The molecular weight excluding hydrogens is 244 g/mol. The molecule has 0 spiro atoms. The molecule has 20 heavy (non-hydrogen) atoms. The second-order valence-corrected chi connectivity index (χ2v) is 7.04. The van der Waals surface area contributed by atoms with E-state index in [9.17, 15) is 0 Å². The Hall–Kier alpha value is -0.860. The van der Waals surface area contributed by atoms with Crippen LogP contribution in [0.1, 0.15) is 49.1 Å². The average Bonchev–Trinajstić information content (AvgIpc) is 2.58. The van der Waals surface area contributed by atoms with Crippen molar-refractivity contribution in [3.8, 4) is 0 Å². The minimum Gasteiger partial charge on any atom is -0.316 e. The molecule has 1 aromatic carbocycles. The SMILES string of the molecule is c1cc(C23CCN(CC2)CC3)ccc1C1CCCNC1. The third-order valence-corrected chi connectivity index (χ3v) is 6.01. The molecule has 1 atom stereocenters. The normalized spacial score (nSPS) is 37.0. The Morgan fingerprint density at radius 2 is 1.70 bits per heavy atom. The summed E-state index contributed by atoms with van der Waals surface area (Å²) in [5.41, 5.74) is 3.67. The summed E-state index contributed by atoms with van der Waals surface area (Å²) in [4.78, 5) is 2.63. The fraction of sp³-hybridized carbons (Fsp3) is 0.667. The summed E-state index contributed by atoms with van der Waals surface area (Å²) in [6, 6.07) is 9.74. The lowest BCUT2D eigenvalue weighted by Gasteiger charge is -2.49. The van der Waals surface area contributed by atoms with E-state index in [0.717, 1.165) is 5.92 Å². The molecule has 1 unspecified atom stereocenters. The molecule has 4 saturated heterocycles. The summed E-state index contributed by atoms with van der Waals surface area (Å²) in [6.45, 7) is 6.31. The van der Waals surface area contributed by atoms with Gasteiger partial charge >= 0.3 is 0 Å². The van der Waals surface area contributed by atoms with Crippen molar-refractivity contribution in [2.45, 2.75) is 43.4 Å². The third-order valence-electron chi connectivity index (χ3n) is 6.01. The molecule has 5 rings (SSSR count). The van der Waals surface area contributed by atoms with E-state index in [1.165, 1.54) is 64.8 Å². The summed E-state index contributed by atoms with van der Waals surface area (Å²) >= 11 is 0. The van der Waals surface area contributed by atoms with Crippen LogP contribution in [0, 0.1) is 0 Å². The van der Waals surface area contributed by atoms with Gasteiger partial charge in [0.1, 0.15) is 0 Å². The maximum absolute atomic E-state index is 3.53. The lowest BCUT2D eigenvalue weighted by Crippen LogP contribution is -2.50. The molecule has 2 bridgehead atoms. The number of rotatable bonds is 2. The largest absolute Gasteiger partial charge is 0.316 e. The molecular formula is C18H26N2. The van der Waals surface area contributed by atoms with E-state index in [2.05, 4.69) is 34.5 Å². The summed E-state index contributed by atoms with van der Waals surface area (Å²) < 4.78 is 0. The van der Waals surface area contributed by atoms with Gasteiger partial charge in [0, 0.05) is 6.54 Å². The molecule has 0 amide bonds. The van der Waals surface area contributed by atoms with E-state index >= 15 is 0 Å². The highest BCUT2D eigenvalue weighted by Gasteiger charge is 2.40. The molecule has 0 aromatic heterocycles. The summed E-state index contributed by atoms with van der Waals surface area (Å²) in [6.07, 6.45) is 6.80. The van der Waals surface area contributed by atoms with E-state index < -0.39 is 0 Å². The predicted molar refractivity (Wildman–Crippen MR) is 83.3 cm³/mol. The van der Waals surface area contributed by atoms with Gasteiger partial charge in [-0.2, -0.15) is 0 Å². The predicted octanol–water partition coefficient (Wildman–Crippen LogP) is 2.89. The third kappa shape index (κ3) is 2.19. The van der Waals surface area contributed by atoms with E-state index in [-0.39, 0.29) is 0 Å². The van der Waals surface area contributed by atoms with E-state index in [0.29, 0.717) is 5.41 Å². The van der Waals surface area contributed by atoms with Crippen molar-refractivity contribution in [2.75, 3.05) is 32.7 Å². The Balaban J connectivity index is 1.54. The smallest absolute Gasteiger partial charge is 0.00201 e. The number of fused-ring (bicyclic) bond motifs is 3. The molecule has 2 nitrogen and oxygen atoms in total. The monoisotopic (exact) mass is 270 g/mol. The number of benzene rings is 1. The van der Waals surface area contributed by atoms with Gasteiger partial charge in [-0.15, -0.1) is 0 Å². The maximum Gasteiger partial charge on any atom is 0.00201 e. The van der Waals surface area contributed by atoms with Gasteiger partial charge in [-0.3, -0.25) is 0 Å². The van der Waals surface area contributed by atoms with Crippen molar-refractivity contribution in [2.24, 2.45) is 0 Å². The first-order chi connectivity index (χ1) is 9.86. The van der Waals surface area contributed by atoms with E-state index in [4.69, 9.17) is 0 Å². The van der Waals surface area contributed by atoms with Gasteiger partial charge in [0.2, 0.25) is 0 Å². The minimum absolute atomic E-state index is 0.512. The van der Waals surface area contributed by atoms with Crippen molar-refractivity contribution in [1.82, 2.24) is 10.2 Å². The number of nitrogens with one attached hydrogen (secondary N) is 1. The molecule has 0 saturated carbocycles. The van der Waals surface area contributed by atoms with Crippen LogP contribution in [0.25, 0.3) is 0 Å². The van der Waals surface area contributed by atoms with Gasteiger partial charge in [0.15, 0.2) is 0 Å². The van der Waals surface area contributed by atoms with Crippen molar-refractivity contribution < 1.29 is 0 Å². The first-order valence-corrected chi connectivity index (χ1v) is 8.39. The van der Waals surface area contributed by atoms with Crippen molar-refractivity contribution in [3.63, 3.8) is 0 Å². The zero-order valence-electron chi connectivity index (χ0n) is 12.4. The summed E-state index contributed by atoms with van der Waals surface area (Å²) in [7, 11) is 0. The molecule has 4 heterocycles. The van der Waals surface area contributed by atoms with Crippen molar-refractivity contribution >= 4 is 0 Å². The molecule has 108 valence electrons. The second-order valence-electron chi connectivity index (χ2n) is 7.04. The fourth-order valence-electron chi connectivity index (χ4n) is 4.50. The van der Waals surface area contributed by atoms with Gasteiger partial charge in [0.05, 0.1) is 0 Å². The number of hydrogen-bond acceptors (Lipinski definition) is 2. The van der Waals surface area contributed by atoms with Crippen LogP contribution in [0.3, 0.4) is 0 Å². The first kappa shape index (κ1) is 12.8. The Morgan fingerprint density at radius 3 is 2.30 bits per heavy atom. The summed E-state index contributed by atoms with van der Waals surface area (Å²) in [5, 5.41) is 3.53. The maximum atomic E-state index is 3.53. The molecule has 4 aliphatic heterocycles. The van der Waals surface area contributed by atoms with Crippen LogP contribution in [0.4, 0.5) is 0 Å². The Kier molecular flexibility index (Phi) is 3.31. The van der Waals surface area contributed by atoms with Gasteiger partial charge in [-0.05, 0) is 80.7 Å². The molecule has 0 aliphatic carbocycles. The first-order valence-electron chi connectivity index (χ1n) is 8.39. The van der Waals surface area contributed by atoms with Crippen LogP contribution >= 0.6 is 0 Å². The van der Waals surface area contributed by atoms with Crippen LogP contribution in [0.15, 0.2) is 24.3 Å². The highest BCUT2D eigenvalue weighted by atomic mass is 15.1. The van der Waals surface area contributed by atoms with Crippen LogP contribution in [0.5, 0.6) is 0 Å². The van der Waals surface area contributed by atoms with E-state index in [1.807, 2.05) is 0 Å². The fourth-order valence-corrected chi connectivity index (χ4v) is 4.50. The van der Waals surface area contributed by atoms with Crippen LogP contribution < -0.4 is 5.32 Å². The van der Waals surface area contributed by atoms with Crippen LogP contribution in [-0.4, -0.2) is 37.6 Å². The van der Waals surface area contributed by atoms with Gasteiger partial charge in [0.25, 0.3) is 0 Å². The standard InChI is InChI=1S/C18H26N2/c1-2-16(14-19-10-1)15-3-5-17(6-4-15)18-7-11-20(12-8-18)13-9-18/h3-6,16,19H,1-2,7-14H2. The Bertz CT molecular complexity index is 437. The topological polar surface area (TPSA) is 15.3 Å². The van der Waals surface area contributed by atoms with Gasteiger partial charge in [-0.25, -0.2) is 0 Å². The molecule has 2 heteroatoms. The quantitative estimate of drug-likeness (QED) is 0.889. The number of hydrogen-bond donors (Lipinski definition) is 1. The highest BCUT2D eigenvalue weighted by molar-refractivity contribution is 5.32. The van der Waals surface area contributed by atoms with Crippen LogP contribution in [-0.2, 0) is 5.41 Å². The second kappa shape index (κ2) is 5.16. The molecule has 4 aliphatic rings. The summed E-state index contributed by atoms with van der Waals surface area (Å²) in [5.74, 6) is 0.739. The highest BCUT2D eigenvalue weighted by Crippen LogP contribution is 2.43. The van der Waals surface area contributed by atoms with Gasteiger partial charge < -0.3 is 10.2 Å². The molecule has 1 N–H and O–H groups in total. The number of piperidine rings is 4. The molecule has 1 aromatic rings. The molecule has 4 fully saturated rings.